The lowest BCUT2D eigenvalue weighted by Crippen LogP contribution is -2.54. The Hall–Kier alpha value is -1.42. The summed E-state index contributed by atoms with van der Waals surface area (Å²) >= 11 is 0. The maximum absolute atomic E-state index is 12.4. The summed E-state index contributed by atoms with van der Waals surface area (Å²) < 4.78 is 0. The molecule has 138 valence electrons. The summed E-state index contributed by atoms with van der Waals surface area (Å²) in [4.78, 5) is 21.6. The Labute approximate surface area is 152 Å². The molecule has 2 fully saturated rings. The van der Waals surface area contributed by atoms with Crippen LogP contribution < -0.4 is 0 Å². The van der Waals surface area contributed by atoms with Gasteiger partial charge in [0.15, 0.2) is 0 Å². The zero-order chi connectivity index (χ0) is 17.9. The van der Waals surface area contributed by atoms with Gasteiger partial charge >= 0.3 is 0 Å². The van der Waals surface area contributed by atoms with Gasteiger partial charge in [-0.1, -0.05) is 19.9 Å². The molecule has 3 heterocycles. The summed E-state index contributed by atoms with van der Waals surface area (Å²) in [5.41, 5.74) is 2.77. The molecule has 1 atom stereocenters. The van der Waals surface area contributed by atoms with Crippen molar-refractivity contribution in [3.05, 3.63) is 29.6 Å². The number of hydrogen-bond acceptors (Lipinski definition) is 3. The number of aromatic nitrogens is 1. The van der Waals surface area contributed by atoms with E-state index in [1.54, 1.807) is 0 Å². The molecule has 2 aliphatic rings. The predicted octanol–water partition coefficient (Wildman–Crippen LogP) is 3.64. The highest BCUT2D eigenvalue weighted by molar-refractivity contribution is 5.77. The molecular formula is C21H33N3O. The molecule has 1 amide bonds. The molecule has 3 rings (SSSR count). The van der Waals surface area contributed by atoms with Gasteiger partial charge in [-0.25, -0.2) is 0 Å². The van der Waals surface area contributed by atoms with Crippen molar-refractivity contribution < 1.29 is 4.79 Å². The molecule has 1 aromatic rings. The van der Waals surface area contributed by atoms with E-state index in [-0.39, 0.29) is 0 Å². The molecule has 1 spiro atoms. The molecule has 2 aliphatic heterocycles. The minimum atomic E-state index is 0.297. The molecule has 1 aromatic heterocycles. The molecule has 0 radical (unpaired) electrons. The van der Waals surface area contributed by atoms with Crippen molar-refractivity contribution in [2.24, 2.45) is 11.3 Å². The highest BCUT2D eigenvalue weighted by Gasteiger charge is 2.41. The van der Waals surface area contributed by atoms with E-state index in [1.165, 1.54) is 24.1 Å². The Bertz CT molecular complexity index is 601. The lowest BCUT2D eigenvalue weighted by molar-refractivity contribution is -0.139. The zero-order valence-electron chi connectivity index (χ0n) is 16.1. The van der Waals surface area contributed by atoms with Crippen LogP contribution in [-0.2, 0) is 11.3 Å². The normalized spacial score (nSPS) is 25.1. The van der Waals surface area contributed by atoms with E-state index in [1.807, 2.05) is 12.3 Å². The molecule has 0 aliphatic carbocycles. The summed E-state index contributed by atoms with van der Waals surface area (Å²) in [5.74, 6) is 1.02. The number of rotatable bonds is 5. The Kier molecular flexibility index (Phi) is 5.78. The lowest BCUT2D eigenvalue weighted by atomic mass is 9.73. The van der Waals surface area contributed by atoms with Gasteiger partial charge in [-0.3, -0.25) is 14.7 Å². The second-order valence-electron chi connectivity index (χ2n) is 8.58. The van der Waals surface area contributed by atoms with Crippen LogP contribution in [0.2, 0.25) is 0 Å². The van der Waals surface area contributed by atoms with Gasteiger partial charge in [0.25, 0.3) is 0 Å². The van der Waals surface area contributed by atoms with Gasteiger partial charge in [0.2, 0.25) is 5.91 Å². The molecule has 2 saturated heterocycles. The van der Waals surface area contributed by atoms with Crippen LogP contribution in [0.3, 0.4) is 0 Å². The van der Waals surface area contributed by atoms with Crippen molar-refractivity contribution in [3.63, 3.8) is 0 Å². The number of aryl methyl sites for hydroxylation is 1. The van der Waals surface area contributed by atoms with Crippen LogP contribution in [0.25, 0.3) is 0 Å². The minimum absolute atomic E-state index is 0.297. The van der Waals surface area contributed by atoms with Crippen LogP contribution in [0.5, 0.6) is 0 Å². The van der Waals surface area contributed by atoms with E-state index in [2.05, 4.69) is 41.6 Å². The fourth-order valence-corrected chi connectivity index (χ4v) is 4.39. The number of carbonyl (C=O) groups excluding carboxylic acids is 1. The third-order valence-electron chi connectivity index (χ3n) is 5.96. The van der Waals surface area contributed by atoms with E-state index in [4.69, 9.17) is 0 Å². The number of carbonyl (C=O) groups is 1. The predicted molar refractivity (Wildman–Crippen MR) is 101 cm³/mol. The first-order valence-electron chi connectivity index (χ1n) is 9.88. The molecule has 0 N–H and O–H groups in total. The quantitative estimate of drug-likeness (QED) is 0.819. The molecule has 0 bridgehead atoms. The van der Waals surface area contributed by atoms with Crippen molar-refractivity contribution in [1.82, 2.24) is 14.8 Å². The van der Waals surface area contributed by atoms with Crippen LogP contribution in [0.4, 0.5) is 0 Å². The van der Waals surface area contributed by atoms with Gasteiger partial charge in [-0.2, -0.15) is 0 Å². The average molecular weight is 344 g/mol. The first kappa shape index (κ1) is 18.4. The largest absolute Gasteiger partial charge is 0.342 e. The van der Waals surface area contributed by atoms with Crippen molar-refractivity contribution >= 4 is 5.91 Å². The van der Waals surface area contributed by atoms with Crippen molar-refractivity contribution in [1.29, 1.82) is 0 Å². The van der Waals surface area contributed by atoms with Crippen LogP contribution >= 0.6 is 0 Å². The third-order valence-corrected chi connectivity index (χ3v) is 5.96. The van der Waals surface area contributed by atoms with E-state index >= 15 is 0 Å². The standard InChI is InChI=1S/C21H33N3O/c1-17(2)8-13-24-16-21(10-7-20(24)25)9-5-12-23(15-21)14-19-18(3)6-4-11-22-19/h4,6,11,17H,5,7-10,12-16H2,1-3H3. The van der Waals surface area contributed by atoms with Crippen molar-refractivity contribution in [3.8, 4) is 0 Å². The molecule has 4 nitrogen and oxygen atoms in total. The van der Waals surface area contributed by atoms with Crippen LogP contribution in [0.15, 0.2) is 18.3 Å². The number of hydrogen-bond donors (Lipinski definition) is 0. The first-order chi connectivity index (χ1) is 12.0. The van der Waals surface area contributed by atoms with Crippen LogP contribution in [-0.4, -0.2) is 46.9 Å². The molecule has 0 saturated carbocycles. The monoisotopic (exact) mass is 343 g/mol. The minimum Gasteiger partial charge on any atom is -0.342 e. The summed E-state index contributed by atoms with van der Waals surface area (Å²) in [6, 6.07) is 4.16. The van der Waals surface area contributed by atoms with Crippen molar-refractivity contribution in [2.75, 3.05) is 26.2 Å². The average Bonchev–Trinajstić information content (AvgIpc) is 2.58. The maximum Gasteiger partial charge on any atom is 0.222 e. The van der Waals surface area contributed by atoms with Gasteiger partial charge in [0, 0.05) is 44.2 Å². The molecule has 25 heavy (non-hydrogen) atoms. The van der Waals surface area contributed by atoms with E-state index in [9.17, 15) is 4.79 Å². The topological polar surface area (TPSA) is 36.4 Å². The fourth-order valence-electron chi connectivity index (χ4n) is 4.39. The van der Waals surface area contributed by atoms with E-state index in [0.29, 0.717) is 17.2 Å². The molecular weight excluding hydrogens is 310 g/mol. The number of piperidine rings is 2. The van der Waals surface area contributed by atoms with Crippen LogP contribution in [0.1, 0.15) is 57.2 Å². The highest BCUT2D eigenvalue weighted by atomic mass is 16.2. The van der Waals surface area contributed by atoms with E-state index in [0.717, 1.165) is 52.0 Å². The highest BCUT2D eigenvalue weighted by Crippen LogP contribution is 2.39. The number of pyridine rings is 1. The van der Waals surface area contributed by atoms with Crippen LogP contribution in [0, 0.1) is 18.3 Å². The Morgan fingerprint density at radius 3 is 2.88 bits per heavy atom. The zero-order valence-corrected chi connectivity index (χ0v) is 16.1. The Morgan fingerprint density at radius 2 is 2.12 bits per heavy atom. The fraction of sp³-hybridized carbons (Fsp3) is 0.714. The maximum atomic E-state index is 12.4. The second-order valence-corrected chi connectivity index (χ2v) is 8.58. The number of nitrogens with zero attached hydrogens (tertiary/aromatic N) is 3. The van der Waals surface area contributed by atoms with Gasteiger partial charge in [-0.05, 0) is 56.7 Å². The Balaban J connectivity index is 1.65. The summed E-state index contributed by atoms with van der Waals surface area (Å²) in [6.45, 7) is 11.7. The first-order valence-corrected chi connectivity index (χ1v) is 9.88. The Morgan fingerprint density at radius 1 is 1.28 bits per heavy atom. The van der Waals surface area contributed by atoms with Gasteiger partial charge < -0.3 is 4.90 Å². The third kappa shape index (κ3) is 4.60. The van der Waals surface area contributed by atoms with Crippen molar-refractivity contribution in [2.45, 2.75) is 59.4 Å². The summed E-state index contributed by atoms with van der Waals surface area (Å²) in [6.07, 6.45) is 7.29. The summed E-state index contributed by atoms with van der Waals surface area (Å²) in [7, 11) is 0. The second kappa shape index (κ2) is 7.86. The lowest BCUT2D eigenvalue weighted by Gasteiger charge is -2.48. The molecule has 1 unspecified atom stereocenters. The van der Waals surface area contributed by atoms with E-state index < -0.39 is 0 Å². The summed E-state index contributed by atoms with van der Waals surface area (Å²) in [5, 5.41) is 0. The smallest absolute Gasteiger partial charge is 0.222 e. The van der Waals surface area contributed by atoms with Gasteiger partial charge in [-0.15, -0.1) is 0 Å². The van der Waals surface area contributed by atoms with Gasteiger partial charge in [0.05, 0.1) is 5.69 Å². The molecule has 4 heteroatoms. The van der Waals surface area contributed by atoms with Gasteiger partial charge in [0.1, 0.15) is 0 Å². The number of amides is 1. The molecule has 0 aromatic carbocycles. The SMILES string of the molecule is Cc1cccnc1CN1CCCC2(CCC(=O)N(CCC(C)C)C2)C1. The number of likely N-dealkylation sites (tertiary alicyclic amines) is 2.